The zero-order valence-electron chi connectivity index (χ0n) is 24.9. The molecule has 0 unspecified atom stereocenters. The SMILES string of the molecule is CCN(c1cc(C2CCC2)cc(C(=O)NCc2c(C)cc(C)[nH]c2=O)c1C)C1CCC(NC2CCOCC2)CC1. The predicted molar refractivity (Wildman–Crippen MR) is 162 cm³/mol. The van der Waals surface area contributed by atoms with E-state index in [0.29, 0.717) is 29.6 Å². The molecule has 2 aromatic rings. The van der Waals surface area contributed by atoms with Crippen molar-refractivity contribution in [2.45, 2.75) is 116 Å². The van der Waals surface area contributed by atoms with Crippen LogP contribution in [0.5, 0.6) is 0 Å². The minimum absolute atomic E-state index is 0.0975. The fraction of sp³-hybridized carbons (Fsp3) is 0.636. The quantitative estimate of drug-likeness (QED) is 0.391. The minimum Gasteiger partial charge on any atom is -0.381 e. The zero-order valence-corrected chi connectivity index (χ0v) is 24.9. The molecule has 1 aromatic carbocycles. The normalized spacial score (nSPS) is 22.1. The maximum Gasteiger partial charge on any atom is 0.253 e. The smallest absolute Gasteiger partial charge is 0.253 e. The van der Waals surface area contributed by atoms with Gasteiger partial charge in [-0.1, -0.05) is 6.42 Å². The van der Waals surface area contributed by atoms with Crippen molar-refractivity contribution in [3.63, 3.8) is 0 Å². The summed E-state index contributed by atoms with van der Waals surface area (Å²) in [6.07, 6.45) is 10.6. The number of nitrogens with zero attached hydrogens (tertiary/aromatic N) is 1. The van der Waals surface area contributed by atoms with Crippen molar-refractivity contribution in [3.05, 3.63) is 62.1 Å². The van der Waals surface area contributed by atoms with Crippen LogP contribution in [0.1, 0.15) is 109 Å². The molecule has 2 aliphatic carbocycles. The molecule has 7 heteroatoms. The number of hydrogen-bond acceptors (Lipinski definition) is 5. The Morgan fingerprint density at radius 1 is 0.975 bits per heavy atom. The first kappa shape index (κ1) is 28.9. The van der Waals surface area contributed by atoms with Crippen LogP contribution in [0.25, 0.3) is 0 Å². The molecule has 3 N–H and O–H groups in total. The number of pyridine rings is 1. The molecular weight excluding hydrogens is 500 g/mol. The van der Waals surface area contributed by atoms with Crippen molar-refractivity contribution in [3.8, 4) is 0 Å². The summed E-state index contributed by atoms with van der Waals surface area (Å²) in [6.45, 7) is 11.1. The van der Waals surface area contributed by atoms with Crippen LogP contribution in [0.2, 0.25) is 0 Å². The third kappa shape index (κ3) is 6.46. The molecule has 5 rings (SSSR count). The highest BCUT2D eigenvalue weighted by Crippen LogP contribution is 2.40. The molecule has 0 atom stereocenters. The Morgan fingerprint density at radius 2 is 1.68 bits per heavy atom. The van der Waals surface area contributed by atoms with Gasteiger partial charge in [0, 0.05) is 66.9 Å². The van der Waals surface area contributed by atoms with E-state index in [1.54, 1.807) is 0 Å². The van der Waals surface area contributed by atoms with Crippen LogP contribution < -0.4 is 21.1 Å². The summed E-state index contributed by atoms with van der Waals surface area (Å²) >= 11 is 0. The average Bonchev–Trinajstić information content (AvgIpc) is 2.90. The van der Waals surface area contributed by atoms with E-state index in [-0.39, 0.29) is 18.0 Å². The standard InChI is InChI=1S/C33H48N4O3/c1-5-37(28-11-9-26(10-12-28)36-27-13-15-40-16-14-27)31-19-25(24-7-6-8-24)18-29(23(31)4)32(38)34-20-30-21(2)17-22(3)35-33(30)39/h17-19,24,26-28,36H,5-16,20H2,1-4H3,(H,34,38)(H,35,39). The van der Waals surface area contributed by atoms with Crippen LogP contribution in [0.4, 0.5) is 5.69 Å². The largest absolute Gasteiger partial charge is 0.381 e. The Morgan fingerprint density at radius 3 is 2.30 bits per heavy atom. The second-order valence-corrected chi connectivity index (χ2v) is 12.3. The monoisotopic (exact) mass is 548 g/mol. The Bertz CT molecular complexity index is 1240. The van der Waals surface area contributed by atoms with Gasteiger partial charge in [-0.2, -0.15) is 0 Å². The number of carbonyl (C=O) groups is 1. The summed E-state index contributed by atoms with van der Waals surface area (Å²) in [5.41, 5.74) is 6.51. The van der Waals surface area contributed by atoms with Gasteiger partial charge in [-0.25, -0.2) is 0 Å². The number of H-pyrrole nitrogens is 1. The number of amides is 1. The molecular formula is C33H48N4O3. The summed E-state index contributed by atoms with van der Waals surface area (Å²) < 4.78 is 5.54. The number of hydrogen-bond donors (Lipinski definition) is 3. The highest BCUT2D eigenvalue weighted by atomic mass is 16.5. The van der Waals surface area contributed by atoms with E-state index in [2.05, 4.69) is 46.5 Å². The second kappa shape index (κ2) is 12.9. The summed E-state index contributed by atoms with van der Waals surface area (Å²) in [6, 6.07) is 8.12. The molecule has 7 nitrogen and oxygen atoms in total. The highest BCUT2D eigenvalue weighted by Gasteiger charge is 2.30. The molecule has 218 valence electrons. The fourth-order valence-electron chi connectivity index (χ4n) is 6.97. The lowest BCUT2D eigenvalue weighted by atomic mass is 9.78. The van der Waals surface area contributed by atoms with Crippen LogP contribution in [0.3, 0.4) is 0 Å². The van der Waals surface area contributed by atoms with E-state index >= 15 is 0 Å². The molecule has 1 amide bonds. The number of ether oxygens (including phenoxy) is 1. The Kier molecular flexibility index (Phi) is 9.31. The topological polar surface area (TPSA) is 86.5 Å². The van der Waals surface area contributed by atoms with Gasteiger partial charge in [-0.3, -0.25) is 9.59 Å². The maximum atomic E-state index is 13.6. The number of benzene rings is 1. The lowest BCUT2D eigenvalue weighted by molar-refractivity contribution is 0.0729. The average molecular weight is 549 g/mol. The van der Waals surface area contributed by atoms with Crippen molar-refractivity contribution >= 4 is 11.6 Å². The third-order valence-electron chi connectivity index (χ3n) is 9.62. The first-order valence-corrected chi connectivity index (χ1v) is 15.6. The number of rotatable bonds is 9. The molecule has 3 fully saturated rings. The van der Waals surface area contributed by atoms with Gasteiger partial charge in [0.1, 0.15) is 0 Å². The highest BCUT2D eigenvalue weighted by molar-refractivity contribution is 5.97. The van der Waals surface area contributed by atoms with Gasteiger partial charge in [-0.05, 0) is 120 Å². The van der Waals surface area contributed by atoms with Crippen LogP contribution in [0.15, 0.2) is 23.0 Å². The van der Waals surface area contributed by atoms with Gasteiger partial charge in [0.25, 0.3) is 11.5 Å². The van der Waals surface area contributed by atoms with E-state index in [4.69, 9.17) is 4.74 Å². The van der Waals surface area contributed by atoms with Gasteiger partial charge in [0.05, 0.1) is 0 Å². The molecule has 0 bridgehead atoms. The summed E-state index contributed by atoms with van der Waals surface area (Å²) in [5, 5.41) is 6.99. The molecule has 0 spiro atoms. The summed E-state index contributed by atoms with van der Waals surface area (Å²) in [7, 11) is 0. The van der Waals surface area contributed by atoms with E-state index in [1.165, 1.54) is 56.2 Å². The first-order chi connectivity index (χ1) is 19.3. The van der Waals surface area contributed by atoms with Crippen molar-refractivity contribution < 1.29 is 9.53 Å². The van der Waals surface area contributed by atoms with Gasteiger partial charge in [0.2, 0.25) is 0 Å². The third-order valence-corrected chi connectivity index (χ3v) is 9.62. The Labute approximate surface area is 239 Å². The molecule has 1 saturated heterocycles. The number of aromatic nitrogens is 1. The molecule has 1 aromatic heterocycles. The number of anilines is 1. The molecule has 0 radical (unpaired) electrons. The maximum absolute atomic E-state index is 13.6. The molecule has 40 heavy (non-hydrogen) atoms. The van der Waals surface area contributed by atoms with Crippen molar-refractivity contribution in [2.24, 2.45) is 0 Å². The van der Waals surface area contributed by atoms with E-state index in [9.17, 15) is 9.59 Å². The van der Waals surface area contributed by atoms with Crippen molar-refractivity contribution in [1.82, 2.24) is 15.6 Å². The van der Waals surface area contributed by atoms with Crippen LogP contribution in [0, 0.1) is 20.8 Å². The number of aromatic amines is 1. The number of carbonyl (C=O) groups excluding carboxylic acids is 1. The lowest BCUT2D eigenvalue weighted by Crippen LogP contribution is -2.47. The summed E-state index contributed by atoms with van der Waals surface area (Å²) in [4.78, 5) is 31.6. The molecule has 2 heterocycles. The number of nitrogens with one attached hydrogen (secondary N) is 3. The van der Waals surface area contributed by atoms with Crippen LogP contribution in [-0.4, -0.2) is 48.8 Å². The number of aryl methyl sites for hydroxylation is 2. The van der Waals surface area contributed by atoms with E-state index in [0.717, 1.165) is 55.0 Å². The Hall–Kier alpha value is -2.64. The lowest BCUT2D eigenvalue weighted by Gasteiger charge is -2.40. The van der Waals surface area contributed by atoms with Gasteiger partial charge in [0.15, 0.2) is 0 Å². The van der Waals surface area contributed by atoms with Gasteiger partial charge in [-0.15, -0.1) is 0 Å². The minimum atomic E-state index is -0.127. The van der Waals surface area contributed by atoms with Crippen LogP contribution in [-0.2, 0) is 11.3 Å². The summed E-state index contributed by atoms with van der Waals surface area (Å²) in [5.74, 6) is 0.436. The van der Waals surface area contributed by atoms with Crippen molar-refractivity contribution in [2.75, 3.05) is 24.7 Å². The Balaban J connectivity index is 1.33. The second-order valence-electron chi connectivity index (χ2n) is 12.3. The fourth-order valence-corrected chi connectivity index (χ4v) is 6.97. The van der Waals surface area contributed by atoms with Gasteiger partial charge < -0.3 is 25.3 Å². The molecule has 1 aliphatic heterocycles. The van der Waals surface area contributed by atoms with E-state index < -0.39 is 0 Å². The molecule has 3 aliphatic rings. The van der Waals surface area contributed by atoms with Crippen LogP contribution >= 0.6 is 0 Å². The van der Waals surface area contributed by atoms with E-state index in [1.807, 2.05) is 19.9 Å². The zero-order chi connectivity index (χ0) is 28.2. The first-order valence-electron chi connectivity index (χ1n) is 15.6. The predicted octanol–water partition coefficient (Wildman–Crippen LogP) is 5.40. The molecule has 2 saturated carbocycles. The van der Waals surface area contributed by atoms with Gasteiger partial charge >= 0.3 is 0 Å². The van der Waals surface area contributed by atoms with Crippen molar-refractivity contribution in [1.29, 1.82) is 0 Å².